The molecule has 6 aromatic rings. The molecule has 16 nitrogen and oxygen atoms in total. The molecule has 3 N–H and O–H groups in total. The summed E-state index contributed by atoms with van der Waals surface area (Å²) in [5.74, 6) is -10.4. The number of benzene rings is 6. The van der Waals surface area contributed by atoms with Gasteiger partial charge >= 0.3 is 17.9 Å². The molecule has 6 heterocycles. The van der Waals surface area contributed by atoms with Gasteiger partial charge in [-0.25, -0.2) is 43.5 Å². The minimum absolute atomic E-state index is 0.00521. The van der Waals surface area contributed by atoms with Gasteiger partial charge in [-0.15, -0.1) is 0 Å². The number of hydrogen-bond acceptors (Lipinski definition) is 13. The molecule has 9 atom stereocenters. The summed E-state index contributed by atoms with van der Waals surface area (Å²) in [4.78, 5) is 50.1. The lowest BCUT2D eigenvalue weighted by molar-refractivity contribution is -0.148. The van der Waals surface area contributed by atoms with E-state index in [1.165, 1.54) is 47.5 Å². The largest absolute Gasteiger partial charge is 0.480 e. The number of alkyl halides is 6. The Kier molecular flexibility index (Phi) is 31.7. The lowest BCUT2D eigenvalue weighted by Crippen LogP contribution is -2.48. The summed E-state index contributed by atoms with van der Waals surface area (Å²) in [5.41, 5.74) is 5.76. The molecule has 25 heteroatoms. The van der Waals surface area contributed by atoms with Gasteiger partial charge < -0.3 is 30.0 Å². The third kappa shape index (κ3) is 27.2. The number of hydrogen-bond donors (Lipinski definition) is 3. The molecular formula is C97H124F8N8O8S. The van der Waals surface area contributed by atoms with Gasteiger partial charge in [-0.2, -0.15) is 10.5 Å². The van der Waals surface area contributed by atoms with E-state index in [0.29, 0.717) is 131 Å². The van der Waals surface area contributed by atoms with E-state index < -0.39 is 80.9 Å². The van der Waals surface area contributed by atoms with Crippen molar-refractivity contribution >= 4 is 27.7 Å². The second-order valence-corrected chi connectivity index (χ2v) is 40.7. The highest BCUT2D eigenvalue weighted by Gasteiger charge is 2.49. The van der Waals surface area contributed by atoms with E-state index in [4.69, 9.17) is 10.5 Å². The number of carbonyl (C=O) groups is 3. The first-order valence-electron chi connectivity index (χ1n) is 43.6. The Morgan fingerprint density at radius 1 is 0.434 bits per heavy atom. The number of piperidine rings is 3. The van der Waals surface area contributed by atoms with Crippen LogP contribution >= 0.6 is 0 Å². The highest BCUT2D eigenvalue weighted by atomic mass is 32.2. The molecule has 0 amide bonds. The van der Waals surface area contributed by atoms with Crippen molar-refractivity contribution in [1.29, 1.82) is 10.5 Å². The Balaban J connectivity index is 0.000000179. The van der Waals surface area contributed by atoms with Gasteiger partial charge in [0.05, 0.1) is 28.2 Å². The molecular weight excluding hydrogens is 1590 g/mol. The van der Waals surface area contributed by atoms with Crippen molar-refractivity contribution in [1.82, 2.24) is 29.4 Å². The summed E-state index contributed by atoms with van der Waals surface area (Å²) in [6.07, 6.45) is 6.60. The van der Waals surface area contributed by atoms with Crippen molar-refractivity contribution in [2.24, 2.45) is 52.3 Å². The Bertz CT molecular complexity index is 4660. The van der Waals surface area contributed by atoms with Gasteiger partial charge in [0, 0.05) is 121 Å². The molecule has 6 aromatic carbocycles. The van der Waals surface area contributed by atoms with E-state index in [-0.39, 0.29) is 102 Å². The van der Waals surface area contributed by atoms with Crippen LogP contribution in [0.2, 0.25) is 0 Å². The Hall–Kier alpha value is -8.14. The predicted octanol–water partition coefficient (Wildman–Crippen LogP) is 18.0. The van der Waals surface area contributed by atoms with Crippen LogP contribution in [0.25, 0.3) is 0 Å². The monoisotopic (exact) mass is 1710 g/mol. The van der Waals surface area contributed by atoms with E-state index in [1.807, 2.05) is 70.7 Å². The quantitative estimate of drug-likeness (QED) is 0.0358. The van der Waals surface area contributed by atoms with E-state index in [9.17, 15) is 64.5 Å². The molecule has 0 radical (unpaired) electrons. The number of likely N-dealkylation sites (tertiary alicyclic amines) is 6. The van der Waals surface area contributed by atoms with Gasteiger partial charge in [0.1, 0.15) is 29.8 Å². The average molecular weight is 1710 g/mol. The smallest absolute Gasteiger partial charge is 0.321 e. The first kappa shape index (κ1) is 94.5. The lowest BCUT2D eigenvalue weighted by atomic mass is 9.85. The third-order valence-corrected chi connectivity index (χ3v) is 27.6. The number of rotatable bonds is 30. The molecule has 0 spiro atoms. The molecule has 6 saturated heterocycles. The minimum atomic E-state index is -3.36. The van der Waals surface area contributed by atoms with Crippen LogP contribution in [0.15, 0.2) is 150 Å². The standard InChI is InChI=1S/C33H46F2N2O4S.C32H38F3N3O2.C32H40F3N3O2/c1-23-7-6-8-26(17-23)29-22-37(30(31(38)39)32(2,3)4)21-27(29)20-36-15-13-25(14-16-36)19-33(34,35)18-24-9-11-28(12-10-24)42(5,40)41;33-28-3-1-2-26(15-28)29-21-38(30(31(39)40)14-22-4-5-22)20-27(29)19-37-12-10-24(11-13-37)17-32(34,35)16-23-6-8-25(18-36)9-7-23;1-31(2,3)29(30(39)40)38-20-26(28(21-38)25-5-4-6-27(33)15-25)19-37-13-11-23(12-14-37)17-32(34,35)16-22-7-9-24(18-36)10-8-22/h6-12,17,25,27,29-30H,13-16,18-22H2,1-5H3,(H,38,39);1-3,6-9,15,22,24,27,29-30H,4-5,10-14,16-17,19-21H2,(H,39,40);4-10,15,23,26,28-29H,11-14,16-17,19-21H2,1-3H3,(H,39,40)/t27-,29+,30-;27-,29+,30+;26-,28+,29-/m000/s1. The number of sulfone groups is 1. The van der Waals surface area contributed by atoms with Crippen molar-refractivity contribution in [3.63, 3.8) is 0 Å². The summed E-state index contributed by atoms with van der Waals surface area (Å²) in [7, 11) is -3.36. The number of aliphatic carboxylic acids is 3. The third-order valence-electron chi connectivity index (χ3n) is 26.5. The van der Waals surface area contributed by atoms with Crippen LogP contribution in [-0.2, 0) is 43.5 Å². The maximum Gasteiger partial charge on any atom is 0.321 e. The van der Waals surface area contributed by atoms with Crippen LogP contribution in [0, 0.1) is 93.5 Å². The van der Waals surface area contributed by atoms with Gasteiger partial charge in [-0.3, -0.25) is 29.1 Å². The number of nitriles is 2. The van der Waals surface area contributed by atoms with Gasteiger partial charge in [0.25, 0.3) is 17.8 Å². The first-order valence-corrected chi connectivity index (χ1v) is 45.5. The second-order valence-electron chi connectivity index (χ2n) is 38.7. The molecule has 0 unspecified atom stereocenters. The van der Waals surface area contributed by atoms with Crippen LogP contribution in [0.3, 0.4) is 0 Å². The van der Waals surface area contributed by atoms with Crippen LogP contribution in [0.4, 0.5) is 35.1 Å². The zero-order valence-corrected chi connectivity index (χ0v) is 72.8. The fourth-order valence-electron chi connectivity index (χ4n) is 20.4. The van der Waals surface area contributed by atoms with Crippen molar-refractivity contribution in [2.45, 2.75) is 203 Å². The SMILES string of the molecule is CC(C)(C)[C@H](C(=O)O)N1C[C@H](CN2CCC(CC(F)(F)Cc3ccc(C#N)cc3)CC2)[C@@H](c2cccc(F)c2)C1.Cc1cccc([C@H]2CN([C@@H](C(=O)O)C(C)(C)C)C[C@@H]2CN2CCC(CC(F)(F)Cc3ccc(S(C)(=O)=O)cc3)CC2)c1.N#Cc1ccc(CC(F)(F)CC2CCN(C[C@H]3CN([C@H](CC4CC4)C(=O)O)C[C@@H]3c3cccc(F)c3)CC2)cc1. The Labute approximate surface area is 716 Å². The molecule has 1 aliphatic carbocycles. The number of halogens is 8. The van der Waals surface area contributed by atoms with Gasteiger partial charge in [-0.05, 0) is 237 Å². The van der Waals surface area contributed by atoms with E-state index in [0.717, 1.165) is 76.0 Å². The molecule has 0 aromatic heterocycles. The van der Waals surface area contributed by atoms with Crippen molar-refractivity contribution in [3.8, 4) is 12.1 Å². The van der Waals surface area contributed by atoms with Crippen LogP contribution < -0.4 is 0 Å². The topological polar surface area (TPSA) is 213 Å². The Morgan fingerprint density at radius 2 is 0.754 bits per heavy atom. The maximum absolute atomic E-state index is 15.0. The number of nitrogens with zero attached hydrogens (tertiary/aromatic N) is 8. The molecule has 1 saturated carbocycles. The van der Waals surface area contributed by atoms with Crippen LogP contribution in [0.1, 0.15) is 186 Å². The highest BCUT2D eigenvalue weighted by Crippen LogP contribution is 2.45. The summed E-state index contributed by atoms with van der Waals surface area (Å²) in [6.45, 7) is 24.3. The van der Waals surface area contributed by atoms with Crippen molar-refractivity contribution in [3.05, 3.63) is 207 Å². The zero-order chi connectivity index (χ0) is 88.2. The number of carboxylic acids is 3. The van der Waals surface area contributed by atoms with Gasteiger partial charge in [-0.1, -0.05) is 145 Å². The summed E-state index contributed by atoms with van der Waals surface area (Å²) in [5, 5.41) is 47.9. The van der Waals surface area contributed by atoms with Gasteiger partial charge in [0.15, 0.2) is 9.84 Å². The van der Waals surface area contributed by atoms with Crippen LogP contribution in [-0.4, -0.2) is 211 Å². The molecule has 6 aliphatic heterocycles. The lowest BCUT2D eigenvalue weighted by Gasteiger charge is -2.36. The highest BCUT2D eigenvalue weighted by molar-refractivity contribution is 7.90. The second kappa shape index (κ2) is 40.9. The predicted molar refractivity (Wildman–Crippen MR) is 457 cm³/mol. The molecule has 0 bridgehead atoms. The van der Waals surface area contributed by atoms with Crippen molar-refractivity contribution < 1.29 is 73.2 Å². The maximum atomic E-state index is 15.0. The van der Waals surface area contributed by atoms with Gasteiger partial charge in [0.2, 0.25) is 0 Å². The molecule has 13 rings (SSSR count). The van der Waals surface area contributed by atoms with Crippen LogP contribution in [0.5, 0.6) is 0 Å². The normalized spacial score (nSPS) is 22.7. The fraction of sp³-hybridized carbons (Fsp3) is 0.577. The van der Waals surface area contributed by atoms with E-state index in [2.05, 4.69) is 55.7 Å². The van der Waals surface area contributed by atoms with Crippen molar-refractivity contribution in [2.75, 3.05) is 104 Å². The zero-order valence-electron chi connectivity index (χ0n) is 72.0. The summed E-state index contributed by atoms with van der Waals surface area (Å²) in [6, 6.07) is 42.5. The first-order chi connectivity index (χ1) is 57.5. The molecule has 662 valence electrons. The number of aryl methyl sites for hydroxylation is 1. The summed E-state index contributed by atoms with van der Waals surface area (Å²) >= 11 is 0. The minimum Gasteiger partial charge on any atom is -0.480 e. The van der Waals surface area contributed by atoms with E-state index >= 15 is 8.78 Å². The Morgan fingerprint density at radius 3 is 1.05 bits per heavy atom. The number of carboxylic acid groups (broad SMARTS) is 3. The molecule has 122 heavy (non-hydrogen) atoms. The molecule has 7 aliphatic rings. The molecule has 7 fully saturated rings. The average Bonchev–Trinajstić information content (AvgIpc) is 1.63. The fourth-order valence-corrected chi connectivity index (χ4v) is 21.1. The van der Waals surface area contributed by atoms with E-state index in [1.54, 1.807) is 72.8 Å². The summed E-state index contributed by atoms with van der Waals surface area (Å²) < 4.78 is 141.